The zero-order valence-corrected chi connectivity index (χ0v) is 20.9. The molecular weight excluding hydrogens is 444 g/mol. The lowest BCUT2D eigenvalue weighted by Gasteiger charge is -2.20. The van der Waals surface area contributed by atoms with Gasteiger partial charge in [0.05, 0.1) is 22.4 Å². The van der Waals surface area contributed by atoms with E-state index in [1.165, 1.54) is 11.1 Å². The van der Waals surface area contributed by atoms with Gasteiger partial charge >= 0.3 is 0 Å². The van der Waals surface area contributed by atoms with Gasteiger partial charge in [-0.05, 0) is 55.7 Å². The molecule has 5 heteroatoms. The minimum atomic E-state index is -0.0932. The summed E-state index contributed by atoms with van der Waals surface area (Å²) < 4.78 is 2.31. The van der Waals surface area contributed by atoms with Crippen LogP contribution in [0.3, 0.4) is 0 Å². The van der Waals surface area contributed by atoms with Crippen molar-refractivity contribution >= 4 is 16.7 Å². The molecule has 180 valence electrons. The quantitative estimate of drug-likeness (QED) is 0.180. The lowest BCUT2D eigenvalue weighted by molar-refractivity contribution is 0.158. The Morgan fingerprint density at radius 3 is 2.47 bits per heavy atom. The van der Waals surface area contributed by atoms with Crippen LogP contribution in [-0.2, 0) is 11.3 Å². The molecule has 3 heterocycles. The van der Waals surface area contributed by atoms with Crippen LogP contribution >= 0.6 is 0 Å². The fourth-order valence-corrected chi connectivity index (χ4v) is 4.57. The molecule has 5 aromatic rings. The molecule has 0 fully saturated rings. The van der Waals surface area contributed by atoms with Crippen molar-refractivity contribution in [3.05, 3.63) is 120 Å². The highest BCUT2D eigenvalue weighted by atomic mass is 16.6. The molecule has 0 spiro atoms. The molecule has 36 heavy (non-hydrogen) atoms. The Hall–Kier alpha value is -4.25. The second-order valence-corrected chi connectivity index (χ2v) is 9.02. The van der Waals surface area contributed by atoms with Crippen LogP contribution in [0.25, 0.3) is 22.2 Å². The van der Waals surface area contributed by atoms with E-state index in [-0.39, 0.29) is 6.04 Å². The first-order valence-electron chi connectivity index (χ1n) is 12.3. The number of hydrogen-bond acceptors (Lipinski definition) is 4. The molecule has 0 N–H and O–H groups in total. The van der Waals surface area contributed by atoms with E-state index >= 15 is 0 Å². The summed E-state index contributed by atoms with van der Waals surface area (Å²) in [7, 11) is 0. The van der Waals surface area contributed by atoms with E-state index in [2.05, 4.69) is 83.5 Å². The average Bonchev–Trinajstić information content (AvgIpc) is 3.28. The fraction of sp³-hybridized carbons (Fsp3) is 0.194. The third kappa shape index (κ3) is 4.91. The maximum Gasteiger partial charge on any atom is 0.114 e. The predicted octanol–water partition coefficient (Wildman–Crippen LogP) is 7.00. The van der Waals surface area contributed by atoms with Crippen LogP contribution in [0.15, 0.2) is 103 Å². The first-order valence-corrected chi connectivity index (χ1v) is 12.3. The van der Waals surface area contributed by atoms with E-state index in [9.17, 15) is 0 Å². The Morgan fingerprint density at radius 1 is 0.972 bits per heavy atom. The van der Waals surface area contributed by atoms with Crippen LogP contribution in [0.1, 0.15) is 42.3 Å². The van der Waals surface area contributed by atoms with Crippen LogP contribution in [0, 0.1) is 6.92 Å². The van der Waals surface area contributed by atoms with Gasteiger partial charge in [0, 0.05) is 30.6 Å². The van der Waals surface area contributed by atoms with Crippen molar-refractivity contribution < 1.29 is 4.84 Å². The van der Waals surface area contributed by atoms with Gasteiger partial charge in [0.25, 0.3) is 0 Å². The molecule has 0 bridgehead atoms. The number of aromatic nitrogens is 3. The van der Waals surface area contributed by atoms with Gasteiger partial charge in [0.1, 0.15) is 12.6 Å². The molecule has 0 aliphatic heterocycles. The standard InChI is InChI=1S/C31H30N4O/c1-4-36-34-23(3)18-24-19-29-30(33-20-24)27(25-15-13-22(2)14-16-25)21-35(29)31(26-10-6-5-7-11-26)28-12-8-9-17-32-28/h5-17,19-21,31H,4,18H2,1-3H3. The number of aryl methyl sites for hydroxylation is 1. The first kappa shape index (κ1) is 23.5. The van der Waals surface area contributed by atoms with Crippen LogP contribution in [-0.4, -0.2) is 26.9 Å². The zero-order chi connectivity index (χ0) is 24.9. The molecule has 0 aliphatic rings. The normalized spacial score (nSPS) is 12.6. The van der Waals surface area contributed by atoms with Crippen molar-refractivity contribution in [3.63, 3.8) is 0 Å². The van der Waals surface area contributed by atoms with Crippen LogP contribution < -0.4 is 0 Å². The summed E-state index contributed by atoms with van der Waals surface area (Å²) in [4.78, 5) is 15.0. The highest BCUT2D eigenvalue weighted by Crippen LogP contribution is 2.36. The van der Waals surface area contributed by atoms with Gasteiger partial charge in [-0.2, -0.15) is 0 Å². The summed E-state index contributed by atoms with van der Waals surface area (Å²) in [6, 6.07) is 27.4. The molecular formula is C31H30N4O. The monoisotopic (exact) mass is 474 g/mol. The molecule has 0 amide bonds. The van der Waals surface area contributed by atoms with E-state index in [1.807, 2.05) is 44.4 Å². The second kappa shape index (κ2) is 10.6. The lowest BCUT2D eigenvalue weighted by Crippen LogP contribution is -2.13. The fourth-order valence-electron chi connectivity index (χ4n) is 4.57. The minimum absolute atomic E-state index is 0.0932. The summed E-state index contributed by atoms with van der Waals surface area (Å²) in [6.45, 7) is 6.58. The van der Waals surface area contributed by atoms with Crippen molar-refractivity contribution in [1.82, 2.24) is 14.5 Å². The van der Waals surface area contributed by atoms with E-state index in [0.717, 1.165) is 39.1 Å². The Bertz CT molecular complexity index is 1430. The molecule has 1 unspecified atom stereocenters. The minimum Gasteiger partial charge on any atom is -0.396 e. The molecule has 2 aromatic carbocycles. The predicted molar refractivity (Wildman–Crippen MR) is 146 cm³/mol. The van der Waals surface area contributed by atoms with E-state index < -0.39 is 0 Å². The topological polar surface area (TPSA) is 52.3 Å². The Kier molecular flexibility index (Phi) is 6.89. The van der Waals surface area contributed by atoms with Gasteiger partial charge in [-0.1, -0.05) is 71.4 Å². The van der Waals surface area contributed by atoms with Crippen molar-refractivity contribution in [3.8, 4) is 11.1 Å². The van der Waals surface area contributed by atoms with Gasteiger partial charge in [0.15, 0.2) is 0 Å². The van der Waals surface area contributed by atoms with Gasteiger partial charge < -0.3 is 9.40 Å². The van der Waals surface area contributed by atoms with Crippen molar-refractivity contribution in [2.45, 2.75) is 33.2 Å². The number of fused-ring (bicyclic) bond motifs is 1. The van der Waals surface area contributed by atoms with Crippen LogP contribution in [0.5, 0.6) is 0 Å². The third-order valence-corrected chi connectivity index (χ3v) is 6.26. The molecule has 3 aromatic heterocycles. The Balaban J connectivity index is 1.72. The SMILES string of the molecule is CCON=C(C)Cc1cnc2c(-c3ccc(C)cc3)cn(C(c3ccccc3)c3ccccn3)c2c1. The van der Waals surface area contributed by atoms with Crippen molar-refractivity contribution in [2.75, 3.05) is 6.61 Å². The van der Waals surface area contributed by atoms with Crippen molar-refractivity contribution in [2.24, 2.45) is 5.16 Å². The lowest BCUT2D eigenvalue weighted by atomic mass is 10.0. The summed E-state index contributed by atoms with van der Waals surface area (Å²) in [5.74, 6) is 0. The molecule has 5 rings (SSSR count). The maximum absolute atomic E-state index is 5.26. The van der Waals surface area contributed by atoms with E-state index in [4.69, 9.17) is 14.8 Å². The third-order valence-electron chi connectivity index (χ3n) is 6.26. The summed E-state index contributed by atoms with van der Waals surface area (Å²) >= 11 is 0. The van der Waals surface area contributed by atoms with E-state index in [0.29, 0.717) is 13.0 Å². The largest absolute Gasteiger partial charge is 0.396 e. The Labute approximate surface area is 212 Å². The molecule has 1 atom stereocenters. The number of pyridine rings is 2. The van der Waals surface area contributed by atoms with Crippen LogP contribution in [0.2, 0.25) is 0 Å². The second-order valence-electron chi connectivity index (χ2n) is 9.02. The number of rotatable bonds is 8. The number of nitrogens with zero attached hydrogens (tertiary/aromatic N) is 4. The van der Waals surface area contributed by atoms with E-state index in [1.54, 1.807) is 0 Å². The number of oxime groups is 1. The summed E-state index contributed by atoms with van der Waals surface area (Å²) in [5, 5.41) is 4.20. The van der Waals surface area contributed by atoms with Gasteiger partial charge in [0.2, 0.25) is 0 Å². The maximum atomic E-state index is 5.26. The van der Waals surface area contributed by atoms with Gasteiger partial charge in [-0.15, -0.1) is 0 Å². The van der Waals surface area contributed by atoms with Crippen molar-refractivity contribution in [1.29, 1.82) is 0 Å². The van der Waals surface area contributed by atoms with Gasteiger partial charge in [-0.25, -0.2) is 0 Å². The molecule has 0 saturated heterocycles. The molecule has 0 aliphatic carbocycles. The first-order chi connectivity index (χ1) is 17.6. The molecule has 0 saturated carbocycles. The summed E-state index contributed by atoms with van der Waals surface area (Å²) in [5.41, 5.74) is 9.67. The molecule has 5 nitrogen and oxygen atoms in total. The number of benzene rings is 2. The smallest absolute Gasteiger partial charge is 0.114 e. The highest BCUT2D eigenvalue weighted by Gasteiger charge is 2.22. The average molecular weight is 475 g/mol. The van der Waals surface area contributed by atoms with Gasteiger partial charge in [-0.3, -0.25) is 9.97 Å². The van der Waals surface area contributed by atoms with Crippen LogP contribution in [0.4, 0.5) is 0 Å². The summed E-state index contributed by atoms with van der Waals surface area (Å²) in [6.07, 6.45) is 6.70. The zero-order valence-electron chi connectivity index (χ0n) is 20.9. The highest BCUT2D eigenvalue weighted by molar-refractivity contribution is 5.94. The number of hydrogen-bond donors (Lipinski definition) is 0. The Morgan fingerprint density at radius 2 is 1.75 bits per heavy atom. The molecule has 0 radical (unpaired) electrons.